The van der Waals surface area contributed by atoms with Crippen LogP contribution in [0.3, 0.4) is 0 Å². The Morgan fingerprint density at radius 1 is 0.973 bits per heavy atom. The van der Waals surface area contributed by atoms with Crippen molar-refractivity contribution in [3.8, 4) is 33.8 Å². The number of carbonyl (C=O) groups excluding carboxylic acids is 1. The molecule has 0 radical (unpaired) electrons. The normalized spacial score (nSPS) is 12.9. The number of hydrogen-bond donors (Lipinski definition) is 1. The van der Waals surface area contributed by atoms with Crippen LogP contribution in [0.1, 0.15) is 27.5 Å². The number of carbonyl (C=O) groups is 1. The molecule has 0 saturated heterocycles. The number of halogens is 2. The number of nitrogens with one attached hydrogen (secondary N) is 1. The fraction of sp³-hybridized carbons (Fsp3) is 0.143. The molecule has 6 rings (SSSR count). The van der Waals surface area contributed by atoms with E-state index in [-0.39, 0.29) is 18.3 Å². The number of amides is 1. The van der Waals surface area contributed by atoms with E-state index in [1.54, 1.807) is 43.6 Å². The molecule has 0 aliphatic carbocycles. The van der Waals surface area contributed by atoms with Crippen LogP contribution in [0.4, 0.5) is 8.78 Å². The van der Waals surface area contributed by atoms with Crippen molar-refractivity contribution in [3.63, 3.8) is 0 Å². The first-order valence-electron chi connectivity index (χ1n) is 11.8. The Hall–Kier alpha value is -4.66. The number of hydrogen-bond acceptors (Lipinski definition) is 5. The minimum atomic E-state index is -0.424. The van der Waals surface area contributed by atoms with Crippen molar-refractivity contribution in [2.24, 2.45) is 0 Å². The first-order valence-corrected chi connectivity index (χ1v) is 11.8. The van der Waals surface area contributed by atoms with Gasteiger partial charge >= 0.3 is 0 Å². The molecular weight excluding hydrogens is 476 g/mol. The lowest BCUT2D eigenvalue weighted by molar-refractivity contribution is 0.0946. The van der Waals surface area contributed by atoms with Gasteiger partial charge in [0.05, 0.1) is 17.8 Å². The van der Waals surface area contributed by atoms with Crippen molar-refractivity contribution in [1.82, 2.24) is 25.0 Å². The molecule has 3 aromatic heterocycles. The molecule has 0 saturated carbocycles. The molecule has 184 valence electrons. The standard InChI is InChI=1S/C28H21F2N5O2/c1-16-33-27(34-37-16)19-2-3-20(22(30)14-19)15-35-23-10-13-32-28(36)25(23)24(17-4-6-21(29)7-5-17)26(35)18-8-11-31-12-9-18/h2-9,11-12,14H,10,13,15H2,1H3,(H,32,36). The molecule has 0 atom stereocenters. The minimum Gasteiger partial charge on any atom is -0.352 e. The summed E-state index contributed by atoms with van der Waals surface area (Å²) in [5, 5.41) is 6.79. The molecule has 0 spiro atoms. The predicted molar refractivity (Wildman–Crippen MR) is 133 cm³/mol. The highest BCUT2D eigenvalue weighted by Gasteiger charge is 2.31. The van der Waals surface area contributed by atoms with Crippen molar-refractivity contribution < 1.29 is 18.1 Å². The van der Waals surface area contributed by atoms with Crippen LogP contribution in [0.15, 0.2) is 71.5 Å². The summed E-state index contributed by atoms with van der Waals surface area (Å²) >= 11 is 0. The summed E-state index contributed by atoms with van der Waals surface area (Å²) in [6.45, 7) is 2.32. The average Bonchev–Trinajstić information content (AvgIpc) is 3.48. The number of nitrogens with zero attached hydrogens (tertiary/aromatic N) is 4. The zero-order valence-electron chi connectivity index (χ0n) is 19.8. The second-order valence-corrected chi connectivity index (χ2v) is 8.82. The zero-order valence-corrected chi connectivity index (χ0v) is 19.8. The lowest BCUT2D eigenvalue weighted by Crippen LogP contribution is -2.32. The molecule has 7 nitrogen and oxygen atoms in total. The molecule has 0 fully saturated rings. The van der Waals surface area contributed by atoms with Gasteiger partial charge in [-0.2, -0.15) is 4.98 Å². The third kappa shape index (κ3) is 4.08. The van der Waals surface area contributed by atoms with Crippen molar-refractivity contribution in [2.45, 2.75) is 19.9 Å². The summed E-state index contributed by atoms with van der Waals surface area (Å²) in [7, 11) is 0. The monoisotopic (exact) mass is 497 g/mol. The largest absolute Gasteiger partial charge is 0.352 e. The Kier molecular flexibility index (Phi) is 5.60. The van der Waals surface area contributed by atoms with E-state index < -0.39 is 5.82 Å². The third-order valence-electron chi connectivity index (χ3n) is 6.50. The molecule has 1 aliphatic rings. The van der Waals surface area contributed by atoms with Gasteiger partial charge in [0.25, 0.3) is 5.91 Å². The average molecular weight is 498 g/mol. The van der Waals surface area contributed by atoms with Crippen LogP contribution in [-0.4, -0.2) is 32.1 Å². The number of rotatable bonds is 5. The van der Waals surface area contributed by atoms with E-state index in [1.165, 1.54) is 18.2 Å². The summed E-state index contributed by atoms with van der Waals surface area (Å²) in [5.41, 5.74) is 5.20. The molecule has 0 unspecified atom stereocenters. The first-order chi connectivity index (χ1) is 18.0. The minimum absolute atomic E-state index is 0.186. The Morgan fingerprint density at radius 3 is 2.43 bits per heavy atom. The predicted octanol–water partition coefficient (Wildman–Crippen LogP) is 5.19. The van der Waals surface area contributed by atoms with E-state index >= 15 is 4.39 Å². The highest BCUT2D eigenvalue weighted by atomic mass is 19.1. The summed E-state index contributed by atoms with van der Waals surface area (Å²) in [6, 6.07) is 14.6. The maximum Gasteiger partial charge on any atom is 0.253 e. The fourth-order valence-corrected chi connectivity index (χ4v) is 4.84. The van der Waals surface area contributed by atoms with E-state index in [0.717, 1.165) is 17.0 Å². The summed E-state index contributed by atoms with van der Waals surface area (Å²) in [4.78, 5) is 21.5. The Bertz CT molecular complexity index is 1620. The maximum atomic E-state index is 15.4. The maximum absolute atomic E-state index is 15.4. The van der Waals surface area contributed by atoms with Crippen LogP contribution in [0.2, 0.25) is 0 Å². The van der Waals surface area contributed by atoms with Crippen LogP contribution >= 0.6 is 0 Å². The van der Waals surface area contributed by atoms with Crippen LogP contribution < -0.4 is 5.32 Å². The van der Waals surface area contributed by atoms with Gasteiger partial charge in [-0.3, -0.25) is 9.78 Å². The number of aryl methyl sites for hydroxylation is 1. The van der Waals surface area contributed by atoms with Gasteiger partial charge in [0.2, 0.25) is 11.7 Å². The van der Waals surface area contributed by atoms with E-state index in [9.17, 15) is 9.18 Å². The molecule has 1 amide bonds. The van der Waals surface area contributed by atoms with Crippen LogP contribution in [-0.2, 0) is 13.0 Å². The third-order valence-corrected chi connectivity index (χ3v) is 6.50. The SMILES string of the molecule is Cc1nc(-c2ccc(Cn3c4c(c(-c5ccc(F)cc5)c3-c3ccncc3)C(=O)NCC4)c(F)c2)no1. The molecule has 4 heterocycles. The van der Waals surface area contributed by atoms with Gasteiger partial charge in [-0.25, -0.2) is 8.78 Å². The zero-order chi connectivity index (χ0) is 25.5. The van der Waals surface area contributed by atoms with Gasteiger partial charge in [0.15, 0.2) is 0 Å². The Morgan fingerprint density at radius 2 is 1.73 bits per heavy atom. The van der Waals surface area contributed by atoms with Gasteiger partial charge < -0.3 is 14.4 Å². The van der Waals surface area contributed by atoms with E-state index in [1.807, 2.05) is 16.7 Å². The van der Waals surface area contributed by atoms with E-state index in [4.69, 9.17) is 4.52 Å². The molecule has 37 heavy (non-hydrogen) atoms. The van der Waals surface area contributed by atoms with Gasteiger partial charge in [-0.15, -0.1) is 0 Å². The summed E-state index contributed by atoms with van der Waals surface area (Å²) in [5.74, 6) is -0.295. The highest BCUT2D eigenvalue weighted by molar-refractivity contribution is 6.07. The van der Waals surface area contributed by atoms with Crippen molar-refractivity contribution in [3.05, 3.63) is 101 Å². The highest BCUT2D eigenvalue weighted by Crippen LogP contribution is 2.41. The van der Waals surface area contributed by atoms with Gasteiger partial charge in [0.1, 0.15) is 11.6 Å². The smallest absolute Gasteiger partial charge is 0.253 e. The topological polar surface area (TPSA) is 85.8 Å². The van der Waals surface area contributed by atoms with Gasteiger partial charge in [-0.1, -0.05) is 29.4 Å². The number of aromatic nitrogens is 4. The molecule has 1 aliphatic heterocycles. The fourth-order valence-electron chi connectivity index (χ4n) is 4.84. The Labute approximate surface area is 210 Å². The lowest BCUT2D eigenvalue weighted by atomic mass is 9.95. The van der Waals surface area contributed by atoms with Gasteiger partial charge in [-0.05, 0) is 35.9 Å². The molecule has 1 N–H and O–H groups in total. The first kappa shape index (κ1) is 22.8. The lowest BCUT2D eigenvalue weighted by Gasteiger charge is -2.18. The molecule has 2 aromatic carbocycles. The summed E-state index contributed by atoms with van der Waals surface area (Å²) in [6.07, 6.45) is 3.91. The van der Waals surface area contributed by atoms with Crippen molar-refractivity contribution in [1.29, 1.82) is 0 Å². The summed E-state index contributed by atoms with van der Waals surface area (Å²) < 4.78 is 36.2. The number of fused-ring (bicyclic) bond motifs is 1. The molecular formula is C28H21F2N5O2. The number of benzene rings is 2. The van der Waals surface area contributed by atoms with Crippen LogP contribution in [0.5, 0.6) is 0 Å². The second kappa shape index (κ2) is 9.09. The quantitative estimate of drug-likeness (QED) is 0.361. The van der Waals surface area contributed by atoms with E-state index in [2.05, 4.69) is 20.4 Å². The molecule has 5 aromatic rings. The molecule has 9 heteroatoms. The number of pyridine rings is 1. The van der Waals surface area contributed by atoms with Crippen LogP contribution in [0, 0.1) is 18.6 Å². The molecule has 0 bridgehead atoms. The second-order valence-electron chi connectivity index (χ2n) is 8.82. The van der Waals surface area contributed by atoms with Crippen molar-refractivity contribution >= 4 is 5.91 Å². The van der Waals surface area contributed by atoms with Crippen LogP contribution in [0.25, 0.3) is 33.8 Å². The van der Waals surface area contributed by atoms with Gasteiger partial charge in [0, 0.05) is 60.2 Å². The Balaban J connectivity index is 1.55. The van der Waals surface area contributed by atoms with E-state index in [0.29, 0.717) is 52.5 Å². The van der Waals surface area contributed by atoms with Crippen molar-refractivity contribution in [2.75, 3.05) is 6.54 Å².